The van der Waals surface area contributed by atoms with Crippen LogP contribution in [0, 0.1) is 0 Å². The van der Waals surface area contributed by atoms with Crippen LogP contribution in [0.4, 0.5) is 10.5 Å². The van der Waals surface area contributed by atoms with Gasteiger partial charge >= 0.3 is 6.03 Å². The van der Waals surface area contributed by atoms with Crippen LogP contribution < -0.4 is 20.1 Å². The van der Waals surface area contributed by atoms with Crippen LogP contribution in [0.15, 0.2) is 36.4 Å². The molecular weight excluding hydrogens is 324 g/mol. The van der Waals surface area contributed by atoms with Crippen LogP contribution in [-0.4, -0.2) is 31.1 Å². The van der Waals surface area contributed by atoms with Gasteiger partial charge in [0.2, 0.25) is 0 Å². The molecule has 0 radical (unpaired) electrons. The van der Waals surface area contributed by atoms with Gasteiger partial charge in [0.05, 0.1) is 25.5 Å². The fraction of sp³-hybridized carbons (Fsp3) is 0.222. The highest BCUT2D eigenvalue weighted by Gasteiger charge is 2.15. The van der Waals surface area contributed by atoms with Crippen molar-refractivity contribution in [2.24, 2.45) is 0 Å². The standard InChI is InChI=1S/C18H20N2O5/c1-11(21)14-8-15(17(25-3)9-16(14)22)20-18(23)19-10-12-4-6-13(24-2)7-5-12/h4-9,22H,10H2,1-3H3,(H2,19,20,23). The molecule has 0 heterocycles. The molecule has 0 aromatic heterocycles. The monoisotopic (exact) mass is 344 g/mol. The van der Waals surface area contributed by atoms with Gasteiger partial charge in [0.25, 0.3) is 0 Å². The van der Waals surface area contributed by atoms with Crippen molar-refractivity contribution in [3.8, 4) is 17.2 Å². The number of anilines is 1. The molecule has 2 aromatic rings. The first kappa shape index (κ1) is 18.1. The Balaban J connectivity index is 2.06. The number of urea groups is 1. The van der Waals surface area contributed by atoms with Gasteiger partial charge < -0.3 is 25.2 Å². The zero-order valence-electron chi connectivity index (χ0n) is 14.3. The minimum Gasteiger partial charge on any atom is -0.507 e. The Morgan fingerprint density at radius 3 is 2.32 bits per heavy atom. The zero-order valence-corrected chi connectivity index (χ0v) is 14.3. The lowest BCUT2D eigenvalue weighted by Crippen LogP contribution is -2.28. The van der Waals surface area contributed by atoms with E-state index in [1.54, 1.807) is 19.2 Å². The predicted molar refractivity (Wildman–Crippen MR) is 93.5 cm³/mol. The number of ketones is 1. The van der Waals surface area contributed by atoms with Gasteiger partial charge in [-0.25, -0.2) is 4.79 Å². The minimum absolute atomic E-state index is 0.103. The highest BCUT2D eigenvalue weighted by molar-refractivity contribution is 6.00. The first-order valence-corrected chi connectivity index (χ1v) is 7.54. The second-order valence-corrected chi connectivity index (χ2v) is 5.28. The lowest BCUT2D eigenvalue weighted by Gasteiger charge is -2.13. The van der Waals surface area contributed by atoms with E-state index in [2.05, 4.69) is 10.6 Å². The van der Waals surface area contributed by atoms with E-state index in [4.69, 9.17) is 9.47 Å². The summed E-state index contributed by atoms with van der Waals surface area (Å²) in [7, 11) is 2.99. The first-order chi connectivity index (χ1) is 11.9. The van der Waals surface area contributed by atoms with Gasteiger partial charge in [-0.05, 0) is 30.7 Å². The summed E-state index contributed by atoms with van der Waals surface area (Å²) in [6, 6.07) is 9.49. The molecule has 0 saturated heterocycles. The number of phenols is 1. The molecule has 0 unspecified atom stereocenters. The second kappa shape index (κ2) is 8.05. The molecule has 0 fully saturated rings. The van der Waals surface area contributed by atoms with Crippen LogP contribution in [0.2, 0.25) is 0 Å². The van der Waals surface area contributed by atoms with E-state index in [1.807, 2.05) is 12.1 Å². The summed E-state index contributed by atoms with van der Waals surface area (Å²) >= 11 is 0. The number of methoxy groups -OCH3 is 2. The van der Waals surface area contributed by atoms with Gasteiger partial charge in [-0.3, -0.25) is 4.79 Å². The SMILES string of the molecule is COc1ccc(CNC(=O)Nc2cc(C(C)=O)c(O)cc2OC)cc1. The van der Waals surface area contributed by atoms with Crippen molar-refractivity contribution in [3.63, 3.8) is 0 Å². The number of nitrogens with one attached hydrogen (secondary N) is 2. The van der Waals surface area contributed by atoms with Gasteiger partial charge in [0.1, 0.15) is 17.2 Å². The number of phenolic OH excluding ortho intramolecular Hbond substituents is 1. The molecule has 0 bridgehead atoms. The van der Waals surface area contributed by atoms with Crippen LogP contribution in [-0.2, 0) is 6.54 Å². The number of rotatable bonds is 6. The van der Waals surface area contributed by atoms with Crippen molar-refractivity contribution in [3.05, 3.63) is 47.5 Å². The zero-order chi connectivity index (χ0) is 18.4. The summed E-state index contributed by atoms with van der Waals surface area (Å²) in [5, 5.41) is 15.1. The molecule has 0 atom stereocenters. The van der Waals surface area contributed by atoms with E-state index in [9.17, 15) is 14.7 Å². The predicted octanol–water partition coefficient (Wildman–Crippen LogP) is 2.93. The third-order valence-electron chi connectivity index (χ3n) is 3.56. The molecule has 132 valence electrons. The van der Waals surface area contributed by atoms with Crippen molar-refractivity contribution in [1.82, 2.24) is 5.32 Å². The number of aromatic hydroxyl groups is 1. The third kappa shape index (κ3) is 4.63. The molecule has 2 rings (SSSR count). The van der Waals surface area contributed by atoms with Crippen LogP contribution in [0.1, 0.15) is 22.8 Å². The van der Waals surface area contributed by atoms with E-state index in [0.717, 1.165) is 11.3 Å². The van der Waals surface area contributed by atoms with E-state index in [0.29, 0.717) is 6.54 Å². The van der Waals surface area contributed by atoms with E-state index >= 15 is 0 Å². The molecule has 0 aliphatic heterocycles. The topological polar surface area (TPSA) is 96.9 Å². The number of Topliss-reactive ketones (excluding diaryl/α,β-unsaturated/α-hetero) is 1. The number of ether oxygens (including phenoxy) is 2. The van der Waals surface area contributed by atoms with Crippen LogP contribution in [0.5, 0.6) is 17.2 Å². The average Bonchev–Trinajstić information content (AvgIpc) is 2.61. The Morgan fingerprint density at radius 1 is 1.08 bits per heavy atom. The molecule has 25 heavy (non-hydrogen) atoms. The Morgan fingerprint density at radius 2 is 1.76 bits per heavy atom. The summed E-state index contributed by atoms with van der Waals surface area (Å²) < 4.78 is 10.2. The Labute approximate surface area is 145 Å². The van der Waals surface area contributed by atoms with Gasteiger partial charge in [0, 0.05) is 12.6 Å². The Bertz CT molecular complexity index is 772. The van der Waals surface area contributed by atoms with E-state index < -0.39 is 6.03 Å². The maximum Gasteiger partial charge on any atom is 0.319 e. The van der Waals surface area contributed by atoms with Crippen molar-refractivity contribution in [2.45, 2.75) is 13.5 Å². The molecule has 2 amide bonds. The Hall–Kier alpha value is -3.22. The Kier molecular flexibility index (Phi) is 5.84. The molecule has 7 nitrogen and oxygen atoms in total. The summed E-state index contributed by atoms with van der Waals surface area (Å²) in [4.78, 5) is 23.6. The average molecular weight is 344 g/mol. The van der Waals surface area contributed by atoms with Crippen molar-refractivity contribution in [1.29, 1.82) is 0 Å². The van der Waals surface area contributed by atoms with Crippen LogP contribution in [0.3, 0.4) is 0 Å². The fourth-order valence-electron chi connectivity index (χ4n) is 2.21. The number of amides is 2. The largest absolute Gasteiger partial charge is 0.507 e. The quantitative estimate of drug-likeness (QED) is 0.553. The molecule has 3 N–H and O–H groups in total. The lowest BCUT2D eigenvalue weighted by molar-refractivity contribution is 0.101. The minimum atomic E-state index is -0.464. The highest BCUT2D eigenvalue weighted by Crippen LogP contribution is 2.32. The highest BCUT2D eigenvalue weighted by atomic mass is 16.5. The van der Waals surface area contributed by atoms with E-state index in [1.165, 1.54) is 26.2 Å². The molecule has 2 aromatic carbocycles. The third-order valence-corrected chi connectivity index (χ3v) is 3.56. The summed E-state index contributed by atoms with van der Waals surface area (Å²) in [5.74, 6) is 0.469. The number of benzene rings is 2. The van der Waals surface area contributed by atoms with Crippen molar-refractivity contribution >= 4 is 17.5 Å². The van der Waals surface area contributed by atoms with Crippen molar-refractivity contribution < 1.29 is 24.2 Å². The normalized spacial score (nSPS) is 10.0. The smallest absolute Gasteiger partial charge is 0.319 e. The van der Waals surface area contributed by atoms with Crippen molar-refractivity contribution in [2.75, 3.05) is 19.5 Å². The number of hydrogen-bond acceptors (Lipinski definition) is 5. The molecule has 7 heteroatoms. The van der Waals surface area contributed by atoms with Gasteiger partial charge in [-0.1, -0.05) is 12.1 Å². The molecule has 0 aliphatic rings. The van der Waals surface area contributed by atoms with Gasteiger partial charge in [0.15, 0.2) is 5.78 Å². The van der Waals surface area contributed by atoms with E-state index in [-0.39, 0.29) is 28.5 Å². The number of carbonyl (C=O) groups excluding carboxylic acids is 2. The fourth-order valence-corrected chi connectivity index (χ4v) is 2.21. The number of carbonyl (C=O) groups is 2. The molecule has 0 spiro atoms. The lowest BCUT2D eigenvalue weighted by atomic mass is 10.1. The molecule has 0 aliphatic carbocycles. The molecular formula is C18H20N2O5. The first-order valence-electron chi connectivity index (χ1n) is 7.54. The molecule has 0 saturated carbocycles. The van der Waals surface area contributed by atoms with Gasteiger partial charge in [-0.15, -0.1) is 0 Å². The summed E-state index contributed by atoms with van der Waals surface area (Å²) in [6.45, 7) is 1.64. The van der Waals surface area contributed by atoms with Gasteiger partial charge in [-0.2, -0.15) is 0 Å². The second-order valence-electron chi connectivity index (χ2n) is 5.28. The number of hydrogen-bond donors (Lipinski definition) is 3. The van der Waals surface area contributed by atoms with Crippen LogP contribution in [0.25, 0.3) is 0 Å². The summed E-state index contributed by atoms with van der Waals surface area (Å²) in [5.41, 5.74) is 1.29. The maximum atomic E-state index is 12.1. The summed E-state index contributed by atoms with van der Waals surface area (Å²) in [6.07, 6.45) is 0. The van der Waals surface area contributed by atoms with Crippen LogP contribution >= 0.6 is 0 Å². The maximum absolute atomic E-state index is 12.1.